The molecule has 0 spiro atoms. The zero-order chi connectivity index (χ0) is 15.6. The minimum atomic E-state index is -3.19. The van der Waals surface area contributed by atoms with Crippen molar-refractivity contribution in [3.8, 4) is 0 Å². The van der Waals surface area contributed by atoms with Gasteiger partial charge in [-0.25, -0.2) is 8.42 Å². The van der Waals surface area contributed by atoms with Crippen molar-refractivity contribution in [1.29, 1.82) is 0 Å². The van der Waals surface area contributed by atoms with Crippen LogP contribution in [0.25, 0.3) is 0 Å². The topological polar surface area (TPSA) is 40.6 Å². The third-order valence-electron chi connectivity index (χ3n) is 4.74. The fraction of sp³-hybridized carbons (Fsp3) is 0.625. The predicted octanol–water partition coefficient (Wildman–Crippen LogP) is 2.39. The average Bonchev–Trinajstić information content (AvgIpc) is 2.83. The number of nitrogens with zero attached hydrogens (tertiary/aromatic N) is 2. The van der Waals surface area contributed by atoms with Crippen LogP contribution in [0.5, 0.6) is 0 Å². The maximum absolute atomic E-state index is 12.4. The summed E-state index contributed by atoms with van der Waals surface area (Å²) in [6, 6.07) is 7.57. The van der Waals surface area contributed by atoms with Gasteiger partial charge in [-0.1, -0.05) is 15.9 Å². The molecule has 0 saturated carbocycles. The summed E-state index contributed by atoms with van der Waals surface area (Å²) in [6.07, 6.45) is 3.69. The first-order valence-electron chi connectivity index (χ1n) is 7.99. The number of hydrogen-bond donors (Lipinski definition) is 0. The SMILES string of the molecule is O=S(=O)(CCN1CCCN2CCC[C@@H]2C1)c1ccc(Br)cc1. The van der Waals surface area contributed by atoms with Gasteiger partial charge in [0.25, 0.3) is 0 Å². The lowest BCUT2D eigenvalue weighted by molar-refractivity contribution is 0.226. The molecule has 4 nitrogen and oxygen atoms in total. The summed E-state index contributed by atoms with van der Waals surface area (Å²) < 4.78 is 25.8. The Labute approximate surface area is 141 Å². The molecule has 1 aromatic carbocycles. The summed E-state index contributed by atoms with van der Waals surface area (Å²) in [6.45, 7) is 5.07. The molecule has 22 heavy (non-hydrogen) atoms. The van der Waals surface area contributed by atoms with Gasteiger partial charge in [0, 0.05) is 23.6 Å². The minimum absolute atomic E-state index is 0.210. The standard InChI is InChI=1S/C16H23BrN2O2S/c17-14-4-6-16(7-5-14)22(20,21)12-11-18-8-2-10-19-9-1-3-15(19)13-18/h4-7,15H,1-3,8-13H2/t15-/m1/s1. The molecular formula is C16H23BrN2O2S. The van der Waals surface area contributed by atoms with Gasteiger partial charge < -0.3 is 4.90 Å². The van der Waals surface area contributed by atoms with Gasteiger partial charge in [-0.2, -0.15) is 0 Å². The number of halogens is 1. The first kappa shape index (κ1) is 16.4. The smallest absolute Gasteiger partial charge is 0.179 e. The zero-order valence-electron chi connectivity index (χ0n) is 12.7. The molecule has 0 unspecified atom stereocenters. The number of benzene rings is 1. The molecule has 1 atom stereocenters. The van der Waals surface area contributed by atoms with Gasteiger partial charge in [-0.3, -0.25) is 4.90 Å². The van der Waals surface area contributed by atoms with E-state index in [1.54, 1.807) is 24.3 Å². The maximum Gasteiger partial charge on any atom is 0.179 e. The molecule has 3 rings (SSSR count). The Bertz CT molecular complexity index is 603. The molecule has 6 heteroatoms. The lowest BCUT2D eigenvalue weighted by Crippen LogP contribution is -2.38. The van der Waals surface area contributed by atoms with Gasteiger partial charge in [-0.15, -0.1) is 0 Å². The molecule has 0 N–H and O–H groups in total. The van der Waals surface area contributed by atoms with Crippen molar-refractivity contribution in [2.45, 2.75) is 30.2 Å². The highest BCUT2D eigenvalue weighted by Crippen LogP contribution is 2.22. The van der Waals surface area contributed by atoms with Gasteiger partial charge in [0.15, 0.2) is 9.84 Å². The van der Waals surface area contributed by atoms with Crippen molar-refractivity contribution < 1.29 is 8.42 Å². The van der Waals surface area contributed by atoms with Gasteiger partial charge >= 0.3 is 0 Å². The second kappa shape index (κ2) is 6.99. The average molecular weight is 387 g/mol. The van der Waals surface area contributed by atoms with Crippen LogP contribution in [-0.2, 0) is 9.84 Å². The molecule has 2 aliphatic heterocycles. The van der Waals surface area contributed by atoms with Gasteiger partial charge in [-0.05, 0) is 63.2 Å². The molecule has 0 bridgehead atoms. The first-order valence-corrected chi connectivity index (χ1v) is 10.4. The van der Waals surface area contributed by atoms with E-state index in [0.29, 0.717) is 17.5 Å². The Hall–Kier alpha value is -0.430. The van der Waals surface area contributed by atoms with E-state index in [-0.39, 0.29) is 5.75 Å². The van der Waals surface area contributed by atoms with Crippen molar-refractivity contribution in [1.82, 2.24) is 9.80 Å². The summed E-state index contributed by atoms with van der Waals surface area (Å²) in [5.74, 6) is 0.210. The Morgan fingerprint density at radius 3 is 2.59 bits per heavy atom. The highest BCUT2D eigenvalue weighted by molar-refractivity contribution is 9.10. The molecule has 2 saturated heterocycles. The van der Waals surface area contributed by atoms with Gasteiger partial charge in [0.1, 0.15) is 0 Å². The summed E-state index contributed by atoms with van der Waals surface area (Å²) in [7, 11) is -3.19. The van der Waals surface area contributed by atoms with Crippen molar-refractivity contribution in [3.05, 3.63) is 28.7 Å². The van der Waals surface area contributed by atoms with E-state index in [2.05, 4.69) is 25.7 Å². The molecule has 122 valence electrons. The lowest BCUT2D eigenvalue weighted by Gasteiger charge is -2.25. The van der Waals surface area contributed by atoms with E-state index >= 15 is 0 Å². The molecule has 2 heterocycles. The summed E-state index contributed by atoms with van der Waals surface area (Å²) in [5.41, 5.74) is 0. The molecule has 0 aromatic heterocycles. The number of sulfone groups is 1. The molecule has 2 fully saturated rings. The Kier molecular flexibility index (Phi) is 5.22. The second-order valence-electron chi connectivity index (χ2n) is 6.26. The first-order chi connectivity index (χ1) is 10.5. The van der Waals surface area contributed by atoms with E-state index in [1.807, 2.05) is 0 Å². The van der Waals surface area contributed by atoms with E-state index in [4.69, 9.17) is 0 Å². The second-order valence-corrected chi connectivity index (χ2v) is 9.28. The number of fused-ring (bicyclic) bond motifs is 1. The van der Waals surface area contributed by atoms with E-state index in [9.17, 15) is 8.42 Å². The maximum atomic E-state index is 12.4. The highest BCUT2D eigenvalue weighted by Gasteiger charge is 2.29. The summed E-state index contributed by atoms with van der Waals surface area (Å²) in [5, 5.41) is 0. The third kappa shape index (κ3) is 3.91. The molecule has 1 aromatic rings. The van der Waals surface area contributed by atoms with Crippen LogP contribution in [0.3, 0.4) is 0 Å². The van der Waals surface area contributed by atoms with Crippen LogP contribution in [0.1, 0.15) is 19.3 Å². The summed E-state index contributed by atoms with van der Waals surface area (Å²) in [4.78, 5) is 5.34. The molecule has 0 radical (unpaired) electrons. The van der Waals surface area contributed by atoms with Crippen LogP contribution in [0.15, 0.2) is 33.6 Å². The fourth-order valence-electron chi connectivity index (χ4n) is 3.50. The zero-order valence-corrected chi connectivity index (χ0v) is 15.2. The predicted molar refractivity (Wildman–Crippen MR) is 91.8 cm³/mol. The number of hydrogen-bond acceptors (Lipinski definition) is 4. The molecule has 0 aliphatic carbocycles. The largest absolute Gasteiger partial charge is 0.301 e. The molecule has 2 aliphatic rings. The molecule has 0 amide bonds. The van der Waals surface area contributed by atoms with Gasteiger partial charge in [0.05, 0.1) is 10.6 Å². The van der Waals surface area contributed by atoms with Crippen LogP contribution in [0, 0.1) is 0 Å². The van der Waals surface area contributed by atoms with E-state index < -0.39 is 9.84 Å². The van der Waals surface area contributed by atoms with Gasteiger partial charge in [0.2, 0.25) is 0 Å². The highest BCUT2D eigenvalue weighted by atomic mass is 79.9. The Morgan fingerprint density at radius 2 is 1.82 bits per heavy atom. The monoisotopic (exact) mass is 386 g/mol. The lowest BCUT2D eigenvalue weighted by atomic mass is 10.2. The van der Waals surface area contributed by atoms with E-state index in [1.165, 1.54) is 25.9 Å². The van der Waals surface area contributed by atoms with Crippen LogP contribution < -0.4 is 0 Å². The summed E-state index contributed by atoms with van der Waals surface area (Å²) >= 11 is 3.34. The minimum Gasteiger partial charge on any atom is -0.301 e. The quantitative estimate of drug-likeness (QED) is 0.796. The number of rotatable bonds is 4. The van der Waals surface area contributed by atoms with Crippen molar-refractivity contribution in [2.24, 2.45) is 0 Å². The Balaban J connectivity index is 1.60. The van der Waals surface area contributed by atoms with E-state index in [0.717, 1.165) is 24.0 Å². The van der Waals surface area contributed by atoms with Crippen LogP contribution in [-0.4, -0.2) is 62.7 Å². The van der Waals surface area contributed by atoms with Crippen LogP contribution in [0.2, 0.25) is 0 Å². The van der Waals surface area contributed by atoms with Crippen molar-refractivity contribution in [3.63, 3.8) is 0 Å². The third-order valence-corrected chi connectivity index (χ3v) is 6.98. The van der Waals surface area contributed by atoms with Crippen LogP contribution >= 0.6 is 15.9 Å². The normalized spacial score (nSPS) is 24.1. The molecular weight excluding hydrogens is 364 g/mol. The van der Waals surface area contributed by atoms with Crippen molar-refractivity contribution in [2.75, 3.05) is 38.5 Å². The fourth-order valence-corrected chi connectivity index (χ4v) is 5.04. The van der Waals surface area contributed by atoms with Crippen molar-refractivity contribution >= 4 is 25.8 Å². The van der Waals surface area contributed by atoms with Crippen LogP contribution in [0.4, 0.5) is 0 Å². The Morgan fingerprint density at radius 1 is 1.09 bits per heavy atom.